The van der Waals surface area contributed by atoms with Crippen LogP contribution < -0.4 is 5.32 Å². The van der Waals surface area contributed by atoms with Crippen LogP contribution in [0.5, 0.6) is 5.75 Å². The number of carbonyl (C=O) groups excluding carboxylic acids is 2. The van der Waals surface area contributed by atoms with Gasteiger partial charge in [0.05, 0.1) is 12.5 Å². The molecule has 29 heavy (non-hydrogen) atoms. The third-order valence-electron chi connectivity index (χ3n) is 5.20. The quantitative estimate of drug-likeness (QED) is 0.701. The maximum absolute atomic E-state index is 13.4. The van der Waals surface area contributed by atoms with Crippen LogP contribution in [0, 0.1) is 5.82 Å². The minimum atomic E-state index is -0.757. The molecule has 3 aromatic carbocycles. The molecule has 0 aliphatic carbocycles. The van der Waals surface area contributed by atoms with E-state index in [4.69, 9.17) is 0 Å². The van der Waals surface area contributed by atoms with Gasteiger partial charge in [0, 0.05) is 19.5 Å². The van der Waals surface area contributed by atoms with E-state index in [1.807, 2.05) is 42.5 Å². The number of hydrogen-bond donors (Lipinski definition) is 2. The molecule has 2 N–H and O–H groups in total. The maximum atomic E-state index is 13.4. The summed E-state index contributed by atoms with van der Waals surface area (Å²) in [5.41, 5.74) is 1.54. The molecule has 1 fully saturated rings. The van der Waals surface area contributed by atoms with Crippen LogP contribution in [0.2, 0.25) is 0 Å². The SMILES string of the molecule is O=C(Cc1ccc(O)c(F)c1)N[C@@H]1CC(=O)N(Cc2cccc3ccccc23)C1. The van der Waals surface area contributed by atoms with E-state index in [0.29, 0.717) is 18.7 Å². The smallest absolute Gasteiger partial charge is 0.225 e. The Balaban J connectivity index is 1.38. The van der Waals surface area contributed by atoms with Gasteiger partial charge in [0.15, 0.2) is 11.6 Å². The number of halogens is 1. The zero-order valence-electron chi connectivity index (χ0n) is 15.8. The Morgan fingerprint density at radius 1 is 1.14 bits per heavy atom. The number of carbonyl (C=O) groups is 2. The first kappa shape index (κ1) is 18.9. The van der Waals surface area contributed by atoms with Crippen molar-refractivity contribution in [1.82, 2.24) is 10.2 Å². The number of rotatable bonds is 5. The molecule has 1 heterocycles. The van der Waals surface area contributed by atoms with E-state index < -0.39 is 11.6 Å². The van der Waals surface area contributed by atoms with E-state index in [0.717, 1.165) is 22.4 Å². The van der Waals surface area contributed by atoms with E-state index in [1.54, 1.807) is 4.90 Å². The minimum Gasteiger partial charge on any atom is -0.505 e. The van der Waals surface area contributed by atoms with Gasteiger partial charge in [-0.3, -0.25) is 9.59 Å². The molecule has 0 aromatic heterocycles. The van der Waals surface area contributed by atoms with Crippen LogP contribution in [0.3, 0.4) is 0 Å². The van der Waals surface area contributed by atoms with Gasteiger partial charge in [-0.15, -0.1) is 0 Å². The van der Waals surface area contributed by atoms with E-state index in [1.165, 1.54) is 12.1 Å². The summed E-state index contributed by atoms with van der Waals surface area (Å²) in [5, 5.41) is 14.3. The summed E-state index contributed by atoms with van der Waals surface area (Å²) in [6.45, 7) is 0.938. The molecule has 0 unspecified atom stereocenters. The zero-order chi connectivity index (χ0) is 20.4. The van der Waals surface area contributed by atoms with Crippen molar-refractivity contribution in [2.45, 2.75) is 25.4 Å². The third-order valence-corrected chi connectivity index (χ3v) is 5.20. The van der Waals surface area contributed by atoms with E-state index in [2.05, 4.69) is 5.32 Å². The molecule has 1 atom stereocenters. The molecule has 0 bridgehead atoms. The fraction of sp³-hybridized carbons (Fsp3) is 0.217. The lowest BCUT2D eigenvalue weighted by Gasteiger charge is -2.18. The van der Waals surface area contributed by atoms with Gasteiger partial charge >= 0.3 is 0 Å². The number of aromatic hydroxyl groups is 1. The highest BCUT2D eigenvalue weighted by Crippen LogP contribution is 2.23. The molecule has 148 valence electrons. The van der Waals surface area contributed by atoms with Gasteiger partial charge in [0.25, 0.3) is 0 Å². The van der Waals surface area contributed by atoms with Crippen molar-refractivity contribution >= 4 is 22.6 Å². The van der Waals surface area contributed by atoms with E-state index in [9.17, 15) is 19.1 Å². The lowest BCUT2D eigenvalue weighted by Crippen LogP contribution is -2.37. The Kier molecular flexibility index (Phi) is 5.16. The molecule has 5 nitrogen and oxygen atoms in total. The molecular weight excluding hydrogens is 371 g/mol. The van der Waals surface area contributed by atoms with Crippen molar-refractivity contribution in [3.05, 3.63) is 77.6 Å². The molecule has 0 saturated carbocycles. The molecule has 3 aromatic rings. The topological polar surface area (TPSA) is 69.6 Å². The molecular formula is C23H21FN2O3. The van der Waals surface area contributed by atoms with Gasteiger partial charge in [-0.05, 0) is 34.0 Å². The van der Waals surface area contributed by atoms with Gasteiger partial charge in [0.2, 0.25) is 11.8 Å². The first-order chi connectivity index (χ1) is 14.0. The van der Waals surface area contributed by atoms with Gasteiger partial charge in [-0.2, -0.15) is 0 Å². The fourth-order valence-corrected chi connectivity index (χ4v) is 3.78. The number of amides is 2. The Hall–Kier alpha value is -3.41. The van der Waals surface area contributed by atoms with Gasteiger partial charge in [-0.1, -0.05) is 48.5 Å². The molecule has 2 amide bonds. The molecule has 0 radical (unpaired) electrons. The van der Waals surface area contributed by atoms with Gasteiger partial charge < -0.3 is 15.3 Å². The molecule has 0 spiro atoms. The average molecular weight is 392 g/mol. The minimum absolute atomic E-state index is 0.00101. The van der Waals surface area contributed by atoms with Crippen LogP contribution in [0.4, 0.5) is 4.39 Å². The normalized spacial score (nSPS) is 16.4. The highest BCUT2D eigenvalue weighted by molar-refractivity contribution is 5.87. The predicted molar refractivity (Wildman–Crippen MR) is 108 cm³/mol. The lowest BCUT2D eigenvalue weighted by molar-refractivity contribution is -0.128. The number of nitrogens with zero attached hydrogens (tertiary/aromatic N) is 1. The van der Waals surface area contributed by atoms with Crippen LogP contribution in [-0.4, -0.2) is 34.4 Å². The van der Waals surface area contributed by atoms with Crippen molar-refractivity contribution in [1.29, 1.82) is 0 Å². The number of likely N-dealkylation sites (tertiary alicyclic amines) is 1. The Bertz CT molecular complexity index is 1080. The van der Waals surface area contributed by atoms with Gasteiger partial charge in [0.1, 0.15) is 0 Å². The predicted octanol–water partition coefficient (Wildman–Crippen LogP) is 3.14. The van der Waals surface area contributed by atoms with Crippen LogP contribution in [-0.2, 0) is 22.6 Å². The summed E-state index contributed by atoms with van der Waals surface area (Å²) in [5.74, 6) is -1.48. The summed E-state index contributed by atoms with van der Waals surface area (Å²) in [6, 6.07) is 17.7. The van der Waals surface area contributed by atoms with Crippen molar-refractivity contribution in [3.63, 3.8) is 0 Å². The van der Waals surface area contributed by atoms with E-state index >= 15 is 0 Å². The van der Waals surface area contributed by atoms with Crippen molar-refractivity contribution in [2.24, 2.45) is 0 Å². The summed E-state index contributed by atoms with van der Waals surface area (Å²) in [7, 11) is 0. The third kappa shape index (κ3) is 4.21. The van der Waals surface area contributed by atoms with Crippen molar-refractivity contribution in [3.8, 4) is 5.75 Å². The van der Waals surface area contributed by atoms with Crippen LogP contribution in [0.15, 0.2) is 60.7 Å². The van der Waals surface area contributed by atoms with Crippen molar-refractivity contribution in [2.75, 3.05) is 6.54 Å². The van der Waals surface area contributed by atoms with Crippen LogP contribution in [0.25, 0.3) is 10.8 Å². The first-order valence-corrected chi connectivity index (χ1v) is 9.51. The van der Waals surface area contributed by atoms with Gasteiger partial charge in [-0.25, -0.2) is 4.39 Å². The molecule has 4 rings (SSSR count). The summed E-state index contributed by atoms with van der Waals surface area (Å²) in [4.78, 5) is 26.5. The summed E-state index contributed by atoms with van der Waals surface area (Å²) >= 11 is 0. The van der Waals surface area contributed by atoms with Crippen LogP contribution >= 0.6 is 0 Å². The zero-order valence-corrected chi connectivity index (χ0v) is 15.8. The molecule has 6 heteroatoms. The highest BCUT2D eigenvalue weighted by Gasteiger charge is 2.30. The monoisotopic (exact) mass is 392 g/mol. The maximum Gasteiger partial charge on any atom is 0.225 e. The number of benzene rings is 3. The Morgan fingerprint density at radius 2 is 1.93 bits per heavy atom. The summed E-state index contributed by atoms with van der Waals surface area (Å²) < 4.78 is 13.4. The Labute approximate surface area is 167 Å². The standard InChI is InChI=1S/C23H21FN2O3/c24-20-10-15(8-9-21(20)27)11-22(28)25-18-12-23(29)26(14-18)13-17-6-3-5-16-4-1-2-7-19(16)17/h1-10,18,27H,11-14H2,(H,25,28)/t18-/m1/s1. The molecule has 1 aliphatic heterocycles. The lowest BCUT2D eigenvalue weighted by atomic mass is 10.0. The largest absolute Gasteiger partial charge is 0.505 e. The Morgan fingerprint density at radius 3 is 2.76 bits per heavy atom. The number of fused-ring (bicyclic) bond motifs is 1. The highest BCUT2D eigenvalue weighted by atomic mass is 19.1. The van der Waals surface area contributed by atoms with Crippen molar-refractivity contribution < 1.29 is 19.1 Å². The summed E-state index contributed by atoms with van der Waals surface area (Å²) in [6.07, 6.45) is 0.242. The molecule has 1 aliphatic rings. The number of phenols is 1. The first-order valence-electron chi connectivity index (χ1n) is 9.51. The average Bonchev–Trinajstić information content (AvgIpc) is 3.03. The van der Waals surface area contributed by atoms with Crippen LogP contribution in [0.1, 0.15) is 17.5 Å². The second-order valence-electron chi connectivity index (χ2n) is 7.34. The number of phenolic OH excluding ortho intramolecular Hbond substituents is 1. The number of nitrogens with one attached hydrogen (secondary N) is 1. The van der Waals surface area contributed by atoms with E-state index in [-0.39, 0.29) is 30.7 Å². The second-order valence-corrected chi connectivity index (χ2v) is 7.34. The number of hydrogen-bond acceptors (Lipinski definition) is 3. The second kappa shape index (κ2) is 7.91. The molecule has 1 saturated heterocycles. The fourth-order valence-electron chi connectivity index (χ4n) is 3.78.